The van der Waals surface area contributed by atoms with Gasteiger partial charge in [-0.25, -0.2) is 18.1 Å². The molecule has 3 aliphatic heterocycles. The van der Waals surface area contributed by atoms with Gasteiger partial charge in [-0.2, -0.15) is 0 Å². The van der Waals surface area contributed by atoms with Gasteiger partial charge in [-0.05, 0) is 90.8 Å². The van der Waals surface area contributed by atoms with E-state index in [0.29, 0.717) is 36.3 Å². The highest BCUT2D eigenvalue weighted by Crippen LogP contribution is 2.44. The Bertz CT molecular complexity index is 2710. The van der Waals surface area contributed by atoms with E-state index < -0.39 is 25.7 Å². The minimum absolute atomic E-state index is 0.000818. The van der Waals surface area contributed by atoms with E-state index in [4.69, 9.17) is 21.1 Å². The quantitative estimate of drug-likeness (QED) is 0.0874. The predicted molar refractivity (Wildman–Crippen MR) is 248 cm³/mol. The van der Waals surface area contributed by atoms with Gasteiger partial charge in [0.1, 0.15) is 22.8 Å². The number of fused-ring (bicyclic) bond motifs is 1. The van der Waals surface area contributed by atoms with Crippen molar-refractivity contribution in [2.75, 3.05) is 75.9 Å². The number of aromatic nitrogens is 2. The smallest absolute Gasteiger partial charge is 0.293 e. The summed E-state index contributed by atoms with van der Waals surface area (Å²) in [6, 6.07) is 21.0. The summed E-state index contributed by atoms with van der Waals surface area (Å²) in [5.41, 5.74) is 5.71. The molecule has 9 rings (SSSR count). The number of pyridine rings is 1. The highest BCUT2D eigenvalue weighted by Gasteiger charge is 2.36. The van der Waals surface area contributed by atoms with E-state index in [1.165, 1.54) is 35.0 Å². The lowest BCUT2D eigenvalue weighted by molar-refractivity contribution is -0.384. The second kappa shape index (κ2) is 17.8. The monoisotopic (exact) mass is 908 g/mol. The number of allylic oxidation sites excluding steroid dienone is 1. The van der Waals surface area contributed by atoms with Crippen LogP contribution in [0.3, 0.4) is 0 Å². The Labute approximate surface area is 378 Å². The Balaban J connectivity index is 0.931. The van der Waals surface area contributed by atoms with Crippen molar-refractivity contribution < 1.29 is 27.6 Å². The Kier molecular flexibility index (Phi) is 12.2. The number of rotatable bonds is 13. The molecule has 1 amide bonds. The normalized spacial score (nSPS) is 19.8. The first-order valence-electron chi connectivity index (χ1n) is 21.8. The van der Waals surface area contributed by atoms with Crippen LogP contribution in [0.2, 0.25) is 5.02 Å². The van der Waals surface area contributed by atoms with Gasteiger partial charge >= 0.3 is 0 Å². The molecule has 2 N–H and O–H groups in total. The molecule has 4 aliphatic rings. The fourth-order valence-electron chi connectivity index (χ4n) is 9.38. The van der Waals surface area contributed by atoms with Crippen LogP contribution >= 0.6 is 11.6 Å². The number of amides is 1. The third-order valence-electron chi connectivity index (χ3n) is 13.3. The first kappa shape index (κ1) is 43.7. The molecule has 5 aromatic rings. The van der Waals surface area contributed by atoms with Crippen molar-refractivity contribution in [3.63, 3.8) is 0 Å². The number of nitrogens with one attached hydrogen (secondary N) is 2. The molecular formula is C47H53ClN8O7S. The van der Waals surface area contributed by atoms with E-state index in [9.17, 15) is 23.3 Å². The van der Waals surface area contributed by atoms with E-state index in [1.54, 1.807) is 37.5 Å². The number of ether oxygens (including phenoxy) is 2. The van der Waals surface area contributed by atoms with Crippen molar-refractivity contribution in [2.45, 2.75) is 56.5 Å². The number of carbonyl (C=O) groups is 1. The van der Waals surface area contributed by atoms with Crippen LogP contribution < -0.4 is 19.3 Å². The Morgan fingerprint density at radius 3 is 2.56 bits per heavy atom. The summed E-state index contributed by atoms with van der Waals surface area (Å²) in [4.78, 5) is 41.8. The standard InChI is InChI=1S/C47H53ClN8O7S/c1-47(2)15-12-33(41(25-47)31-4-6-34(48)7-5-31)27-53-18-20-54(21-19-53)35-8-10-40(44(23-35)63-38-22-32-13-16-49-45(32)50-26-38)46(57)51-64(60,61)39-9-11-42(43(24-39)56(58)59)52(3)36-14-17-55(28-36)37-29-62-30-37/h4-11,13,16,22-24,26,36-37H,12,14-15,17-21,25,27-30H2,1-3H3,(H,49,50)(H,51,57)/t36-/m1/s1. The molecule has 2 aromatic heterocycles. The fraction of sp³-hybridized carbons (Fsp3) is 0.404. The number of nitro benzene ring substituents is 1. The molecular weight excluding hydrogens is 856 g/mol. The average molecular weight is 910 g/mol. The number of likely N-dealkylation sites (tertiary alicyclic amines) is 1. The van der Waals surface area contributed by atoms with Crippen LogP contribution in [-0.2, 0) is 14.8 Å². The van der Waals surface area contributed by atoms with Crippen molar-refractivity contribution in [3.8, 4) is 11.5 Å². The van der Waals surface area contributed by atoms with E-state index in [1.807, 2.05) is 23.1 Å². The summed E-state index contributed by atoms with van der Waals surface area (Å²) in [6.07, 6.45) is 7.30. The number of piperazine rings is 1. The Morgan fingerprint density at radius 2 is 1.83 bits per heavy atom. The maximum Gasteiger partial charge on any atom is 0.293 e. The molecule has 5 heterocycles. The van der Waals surface area contributed by atoms with E-state index >= 15 is 0 Å². The molecule has 17 heteroatoms. The highest BCUT2D eigenvalue weighted by atomic mass is 35.5. The van der Waals surface area contributed by atoms with Crippen LogP contribution in [-0.4, -0.2) is 117 Å². The summed E-state index contributed by atoms with van der Waals surface area (Å²) in [6.45, 7) is 11.6. The molecule has 0 unspecified atom stereocenters. The van der Waals surface area contributed by atoms with E-state index in [-0.39, 0.29) is 28.5 Å². The van der Waals surface area contributed by atoms with Crippen molar-refractivity contribution in [2.24, 2.45) is 5.41 Å². The number of hydrogen-bond acceptors (Lipinski definition) is 12. The Morgan fingerprint density at radius 1 is 1.05 bits per heavy atom. The van der Waals surface area contributed by atoms with Gasteiger partial charge in [0, 0.05) is 93.3 Å². The van der Waals surface area contributed by atoms with Crippen LogP contribution in [0.1, 0.15) is 55.5 Å². The molecule has 0 saturated carbocycles. The van der Waals surface area contributed by atoms with Gasteiger partial charge in [-0.3, -0.25) is 24.7 Å². The van der Waals surface area contributed by atoms with Gasteiger partial charge in [-0.1, -0.05) is 43.2 Å². The third kappa shape index (κ3) is 9.33. The number of carbonyl (C=O) groups excluding carboxylic acids is 1. The van der Waals surface area contributed by atoms with Crippen molar-refractivity contribution in [1.82, 2.24) is 24.5 Å². The average Bonchev–Trinajstić information content (AvgIpc) is 3.94. The van der Waals surface area contributed by atoms with Crippen LogP contribution in [0.5, 0.6) is 11.5 Å². The van der Waals surface area contributed by atoms with Crippen LogP contribution in [0.4, 0.5) is 17.1 Å². The molecule has 0 radical (unpaired) electrons. The summed E-state index contributed by atoms with van der Waals surface area (Å²) >= 11 is 6.25. The van der Waals surface area contributed by atoms with Crippen molar-refractivity contribution >= 4 is 61.2 Å². The molecule has 3 aromatic carbocycles. The van der Waals surface area contributed by atoms with Crippen LogP contribution in [0, 0.1) is 15.5 Å². The largest absolute Gasteiger partial charge is 0.455 e. The number of nitro groups is 1. The second-order valence-electron chi connectivity index (χ2n) is 18.1. The molecule has 1 atom stereocenters. The molecule has 336 valence electrons. The van der Waals surface area contributed by atoms with Gasteiger partial charge in [0.2, 0.25) is 0 Å². The minimum atomic E-state index is -4.57. The number of nitrogens with zero attached hydrogens (tertiary/aromatic N) is 6. The zero-order valence-corrected chi connectivity index (χ0v) is 37.8. The number of halogens is 1. The summed E-state index contributed by atoms with van der Waals surface area (Å²) < 4.78 is 41.5. The lowest BCUT2D eigenvalue weighted by Crippen LogP contribution is -2.49. The Hall–Kier alpha value is -5.52. The van der Waals surface area contributed by atoms with E-state index in [0.717, 1.165) is 93.7 Å². The molecule has 0 spiro atoms. The predicted octanol–water partition coefficient (Wildman–Crippen LogP) is 7.73. The lowest BCUT2D eigenvalue weighted by Gasteiger charge is -2.39. The first-order chi connectivity index (χ1) is 30.7. The zero-order valence-electron chi connectivity index (χ0n) is 36.3. The number of hydrogen-bond donors (Lipinski definition) is 2. The summed E-state index contributed by atoms with van der Waals surface area (Å²) in [7, 11) is -2.79. The fourth-order valence-corrected chi connectivity index (χ4v) is 10.5. The highest BCUT2D eigenvalue weighted by molar-refractivity contribution is 7.90. The number of likely N-dealkylation sites (N-methyl/N-ethyl adjacent to an activating group) is 1. The van der Waals surface area contributed by atoms with Crippen molar-refractivity contribution in [1.29, 1.82) is 0 Å². The first-order valence-corrected chi connectivity index (χ1v) is 23.7. The maximum atomic E-state index is 14.0. The zero-order chi connectivity index (χ0) is 44.8. The van der Waals surface area contributed by atoms with Crippen LogP contribution in [0.15, 0.2) is 95.7 Å². The number of anilines is 2. The third-order valence-corrected chi connectivity index (χ3v) is 14.9. The van der Waals surface area contributed by atoms with Gasteiger partial charge in [-0.15, -0.1) is 0 Å². The minimum Gasteiger partial charge on any atom is -0.455 e. The molecule has 15 nitrogen and oxygen atoms in total. The molecule has 3 saturated heterocycles. The van der Waals surface area contributed by atoms with Gasteiger partial charge < -0.3 is 24.3 Å². The number of aromatic amines is 1. The lowest BCUT2D eigenvalue weighted by atomic mass is 9.72. The van der Waals surface area contributed by atoms with Gasteiger partial charge in [0.25, 0.3) is 21.6 Å². The SMILES string of the molecule is CN(c1ccc(S(=O)(=O)NC(=O)c2ccc(N3CCN(CC4=C(c5ccc(Cl)cc5)CC(C)(C)CC4)CC3)cc2Oc2cnc3[nH]ccc3c2)cc1[N+](=O)[O-])[C@@H]1CCN(C2COC2)C1. The van der Waals surface area contributed by atoms with Gasteiger partial charge in [0.15, 0.2) is 0 Å². The molecule has 64 heavy (non-hydrogen) atoms. The summed E-state index contributed by atoms with van der Waals surface area (Å²) in [5, 5.41) is 13.9. The van der Waals surface area contributed by atoms with Gasteiger partial charge in [0.05, 0.1) is 40.8 Å². The maximum absolute atomic E-state index is 14.0. The second-order valence-corrected chi connectivity index (χ2v) is 20.3. The molecule has 0 bridgehead atoms. The van der Waals surface area contributed by atoms with E-state index in [2.05, 4.69) is 55.4 Å². The molecule has 3 fully saturated rings. The topological polar surface area (TPSA) is 166 Å². The number of H-pyrrole nitrogens is 1. The summed E-state index contributed by atoms with van der Waals surface area (Å²) in [5.74, 6) is -0.459. The van der Waals surface area contributed by atoms with Crippen LogP contribution in [0.25, 0.3) is 16.6 Å². The number of sulfonamides is 1. The molecule has 1 aliphatic carbocycles. The van der Waals surface area contributed by atoms with Crippen molar-refractivity contribution in [3.05, 3.63) is 117 Å². The number of benzene rings is 3.